The molecule has 2 aromatic carbocycles. The van der Waals surface area contributed by atoms with Gasteiger partial charge in [0, 0.05) is 0 Å². The number of rotatable bonds is 0. The molecule has 1 atom stereocenters. The van der Waals surface area contributed by atoms with Crippen LogP contribution in [0.3, 0.4) is 0 Å². The van der Waals surface area contributed by atoms with Crippen molar-refractivity contribution in [1.29, 1.82) is 0 Å². The molecule has 2 nitrogen and oxygen atoms in total. The molecule has 0 aliphatic carbocycles. The monoisotopic (exact) mass is 432 g/mol. The Balaban J connectivity index is 1.88. The fraction of sp³-hybridized carbons (Fsp3) is 0.125. The topological polar surface area (TPSA) is 18.5 Å². The van der Waals surface area contributed by atoms with E-state index in [1.807, 2.05) is 24.3 Å². The van der Waals surface area contributed by atoms with Crippen LogP contribution < -0.4 is 9.47 Å². The molecule has 2 aliphatic heterocycles. The van der Waals surface area contributed by atoms with Crippen LogP contribution in [0.25, 0.3) is 0 Å². The van der Waals surface area contributed by atoms with Crippen LogP contribution in [0.4, 0.5) is 0 Å². The van der Waals surface area contributed by atoms with Gasteiger partial charge in [0.2, 0.25) is 0 Å². The van der Waals surface area contributed by atoms with Crippen LogP contribution in [0.5, 0.6) is 11.5 Å². The molecule has 2 aliphatic rings. The second kappa shape index (κ2) is 4.27. The number of ether oxygens (including phenoxy) is 2. The van der Waals surface area contributed by atoms with Crippen LogP contribution in [0.2, 0.25) is 0 Å². The summed E-state index contributed by atoms with van der Waals surface area (Å²) in [7, 11) is 0. The number of fused-ring (bicyclic) bond motifs is 4. The Morgan fingerprint density at radius 1 is 0.895 bits per heavy atom. The Morgan fingerprint density at radius 2 is 1.63 bits per heavy atom. The van der Waals surface area contributed by atoms with Gasteiger partial charge in [0.15, 0.2) is 0 Å². The van der Waals surface area contributed by atoms with E-state index in [0.717, 1.165) is 27.7 Å². The van der Waals surface area contributed by atoms with Gasteiger partial charge in [0.05, 0.1) is 0 Å². The average molecular weight is 432 g/mol. The van der Waals surface area contributed by atoms with E-state index in [2.05, 4.69) is 45.3 Å². The van der Waals surface area contributed by atoms with Crippen LogP contribution in [-0.4, -0.2) is 0 Å². The quantitative estimate of drug-likeness (QED) is 0.594. The third-order valence-electron chi connectivity index (χ3n) is 3.59. The molecule has 0 unspecified atom stereocenters. The zero-order valence-electron chi connectivity index (χ0n) is 10.0. The molecule has 98 valence electrons. The van der Waals surface area contributed by atoms with Crippen molar-refractivity contribution in [3.05, 3.63) is 69.4 Å². The molecule has 0 bridgehead atoms. The first-order valence-electron chi connectivity index (χ1n) is 6.21. The first-order chi connectivity index (χ1) is 9.33. The van der Waals surface area contributed by atoms with E-state index in [0.29, 0.717) is 0 Å². The molecule has 0 aromatic heterocycles. The zero-order valence-corrected chi connectivity index (χ0v) is 12.2. The average Bonchev–Trinajstić information content (AvgIpc) is 2.46. The van der Waals surface area contributed by atoms with Crippen molar-refractivity contribution in [2.24, 2.45) is 0 Å². The van der Waals surface area contributed by atoms with Crippen molar-refractivity contribution in [3.8, 4) is 11.5 Å². The number of benzene rings is 2. The van der Waals surface area contributed by atoms with E-state index in [1.54, 1.807) is 0 Å². The Bertz CT molecular complexity index is 691. The molecule has 0 amide bonds. The van der Waals surface area contributed by atoms with Gasteiger partial charge in [0.25, 0.3) is 0 Å². The van der Waals surface area contributed by atoms with Crippen molar-refractivity contribution in [2.45, 2.75) is 12.3 Å². The van der Waals surface area contributed by atoms with Crippen LogP contribution in [0.1, 0.15) is 17.0 Å². The molecule has 2 heterocycles. The summed E-state index contributed by atoms with van der Waals surface area (Å²) < 4.78 is 12.7. The second-order valence-corrected chi connectivity index (χ2v) is 5.69. The molecule has 19 heavy (non-hydrogen) atoms. The van der Waals surface area contributed by atoms with Gasteiger partial charge in [-0.25, -0.2) is 0 Å². The third kappa shape index (κ3) is 1.76. The molecule has 0 saturated carbocycles. The predicted octanol–water partition coefficient (Wildman–Crippen LogP) is 3.51. The Morgan fingerprint density at radius 3 is 2.53 bits per heavy atom. The van der Waals surface area contributed by atoms with E-state index >= 15 is 0 Å². The number of para-hydroxylation sites is 2. The maximum atomic E-state index is 6.05. The van der Waals surface area contributed by atoms with Crippen LogP contribution in [0, 0.1) is 0 Å². The normalized spacial score (nSPS) is 19.8. The Kier molecular flexibility index (Phi) is 2.55. The summed E-state index contributed by atoms with van der Waals surface area (Å²) >= 11 is 2.42. The van der Waals surface area contributed by atoms with Crippen molar-refractivity contribution < 1.29 is 30.5 Å². The zero-order chi connectivity index (χ0) is 12.8. The molecular weight excluding hydrogens is 421 g/mol. The fourth-order valence-electron chi connectivity index (χ4n) is 2.69. The summed E-state index contributed by atoms with van der Waals surface area (Å²) in [6.07, 6.45) is 0.967. The molecule has 2 aromatic rings. The SMILES string of the molecule is [Au][C]1=C2Oc3ccccc3C[C@H]2c2ccccc2O1. The molecule has 3 heteroatoms. The second-order valence-electron chi connectivity index (χ2n) is 4.71. The fourth-order valence-corrected chi connectivity index (χ4v) is 3.41. The number of hydrogen-bond donors (Lipinski definition) is 0. The molecule has 0 fully saturated rings. The van der Waals surface area contributed by atoms with Gasteiger partial charge in [-0.05, 0) is 0 Å². The Hall–Kier alpha value is -1.48. The predicted molar refractivity (Wildman–Crippen MR) is 67.6 cm³/mol. The first kappa shape index (κ1) is 11.4. The maximum absolute atomic E-state index is 6.05. The van der Waals surface area contributed by atoms with Crippen molar-refractivity contribution >= 4 is 0 Å². The third-order valence-corrected chi connectivity index (χ3v) is 4.35. The summed E-state index contributed by atoms with van der Waals surface area (Å²) in [6.45, 7) is 0. The van der Waals surface area contributed by atoms with Gasteiger partial charge in [-0.3, -0.25) is 0 Å². The van der Waals surface area contributed by atoms with Crippen molar-refractivity contribution in [1.82, 2.24) is 0 Å². The van der Waals surface area contributed by atoms with E-state index in [1.165, 1.54) is 11.1 Å². The van der Waals surface area contributed by atoms with Gasteiger partial charge in [-0.1, -0.05) is 0 Å². The molecule has 0 spiro atoms. The van der Waals surface area contributed by atoms with Crippen LogP contribution >= 0.6 is 0 Å². The standard InChI is InChI=1S/C16H11O2.Au/c1-3-7-14-11(5-1)9-13-12-6-2-4-8-15(12)17-10-16(13)18-14;/h1-8,13H,9H2;/t13-;/m0./s1. The van der Waals surface area contributed by atoms with Gasteiger partial charge in [-0.15, -0.1) is 0 Å². The minimum absolute atomic E-state index is 0.264. The molecule has 0 N–H and O–H groups in total. The summed E-state index contributed by atoms with van der Waals surface area (Å²) in [5.74, 6) is 3.08. The van der Waals surface area contributed by atoms with Crippen molar-refractivity contribution in [2.75, 3.05) is 0 Å². The molecule has 4 rings (SSSR count). The van der Waals surface area contributed by atoms with Crippen LogP contribution in [-0.2, 0) is 27.5 Å². The Labute approximate surface area is 124 Å². The van der Waals surface area contributed by atoms with Gasteiger partial charge < -0.3 is 0 Å². The first-order valence-corrected chi connectivity index (χ1v) is 7.29. The number of allylic oxidation sites excluding steroid dienone is 1. The van der Waals surface area contributed by atoms with E-state index in [9.17, 15) is 0 Å². The van der Waals surface area contributed by atoms with E-state index in [4.69, 9.17) is 9.47 Å². The molecule has 0 saturated heterocycles. The minimum atomic E-state index is 0.264. The summed E-state index contributed by atoms with van der Waals surface area (Å²) in [6, 6.07) is 16.4. The van der Waals surface area contributed by atoms with Gasteiger partial charge in [-0.2, -0.15) is 0 Å². The summed E-state index contributed by atoms with van der Waals surface area (Å²) in [4.78, 5) is 0. The summed E-state index contributed by atoms with van der Waals surface area (Å²) in [5.41, 5.74) is 2.47. The van der Waals surface area contributed by atoms with Gasteiger partial charge in [0.1, 0.15) is 0 Å². The van der Waals surface area contributed by atoms with E-state index in [-0.39, 0.29) is 5.92 Å². The number of hydrogen-bond acceptors (Lipinski definition) is 2. The summed E-state index contributed by atoms with van der Waals surface area (Å²) in [5, 5.41) is 0. The van der Waals surface area contributed by atoms with Crippen molar-refractivity contribution in [3.63, 3.8) is 0 Å². The van der Waals surface area contributed by atoms with E-state index < -0.39 is 0 Å². The van der Waals surface area contributed by atoms with Crippen LogP contribution in [0.15, 0.2) is 58.3 Å². The molecule has 0 radical (unpaired) electrons. The molecular formula is C16H11AuO2. The van der Waals surface area contributed by atoms with Gasteiger partial charge >= 0.3 is 124 Å².